The van der Waals surface area contributed by atoms with Gasteiger partial charge in [-0.3, -0.25) is 0 Å². The van der Waals surface area contributed by atoms with Gasteiger partial charge in [0.15, 0.2) is 0 Å². The number of rotatable bonds is 9. The smallest absolute Gasteiger partial charge is 0.129 e. The Bertz CT molecular complexity index is 310. The molecular weight excluding hydrogens is 296 g/mol. The van der Waals surface area contributed by atoms with Gasteiger partial charge in [0.2, 0.25) is 0 Å². The van der Waals surface area contributed by atoms with E-state index < -0.39 is 0 Å². The number of ketones is 1. The van der Waals surface area contributed by atoms with Gasteiger partial charge in [0.05, 0.1) is 18.8 Å². The maximum Gasteiger partial charge on any atom is 0.129 e. The van der Waals surface area contributed by atoms with E-state index in [1.54, 1.807) is 28.5 Å². The van der Waals surface area contributed by atoms with Gasteiger partial charge in [0.1, 0.15) is 17.8 Å². The molecule has 1 saturated heterocycles. The first-order chi connectivity index (χ1) is 9.34. The van der Waals surface area contributed by atoms with Gasteiger partial charge in [0.25, 0.3) is 0 Å². The van der Waals surface area contributed by atoms with Crippen molar-refractivity contribution in [2.24, 2.45) is 0 Å². The van der Waals surface area contributed by atoms with Crippen LogP contribution in [-0.4, -0.2) is 46.5 Å². The Morgan fingerprint density at radius 1 is 1.50 bits per heavy atom. The molecule has 1 aliphatic heterocycles. The normalized spacial score (nSPS) is 26.9. The van der Waals surface area contributed by atoms with E-state index in [2.05, 4.69) is 13.8 Å². The van der Waals surface area contributed by atoms with E-state index in [1.807, 2.05) is 6.92 Å². The summed E-state index contributed by atoms with van der Waals surface area (Å²) in [4.78, 5) is 11.0. The van der Waals surface area contributed by atoms with E-state index in [-0.39, 0.29) is 35.4 Å². The first-order valence-electron chi connectivity index (χ1n) is 7.02. The van der Waals surface area contributed by atoms with Crippen LogP contribution in [0.4, 0.5) is 0 Å². The van der Waals surface area contributed by atoms with Gasteiger partial charge < -0.3 is 19.4 Å². The molecule has 4 nitrogen and oxygen atoms in total. The van der Waals surface area contributed by atoms with E-state index in [0.717, 1.165) is 12.8 Å². The number of hydrogen-bond acceptors (Lipinski definition) is 6. The van der Waals surface area contributed by atoms with E-state index in [1.165, 1.54) is 0 Å². The molecule has 1 N–H and O–H groups in total. The summed E-state index contributed by atoms with van der Waals surface area (Å²) >= 11 is 0. The summed E-state index contributed by atoms with van der Waals surface area (Å²) in [6.45, 7) is 7.93. The van der Waals surface area contributed by atoms with Crippen LogP contribution in [0.3, 0.4) is 0 Å². The van der Waals surface area contributed by atoms with Crippen LogP contribution >= 0.6 is 21.6 Å². The maximum atomic E-state index is 11.0. The monoisotopic (exact) mass is 322 g/mol. The molecule has 1 aliphatic rings. The van der Waals surface area contributed by atoms with Crippen molar-refractivity contribution in [2.75, 3.05) is 12.5 Å². The molecule has 0 spiro atoms. The van der Waals surface area contributed by atoms with E-state index in [9.17, 15) is 9.90 Å². The third kappa shape index (κ3) is 6.80. The van der Waals surface area contributed by atoms with Gasteiger partial charge in [-0.15, -0.1) is 0 Å². The zero-order valence-electron chi connectivity index (χ0n) is 12.8. The van der Waals surface area contributed by atoms with Gasteiger partial charge in [0, 0.05) is 17.6 Å². The van der Waals surface area contributed by atoms with Crippen molar-refractivity contribution in [1.29, 1.82) is 0 Å². The second-order valence-electron chi connectivity index (χ2n) is 5.89. The molecule has 0 aromatic heterocycles. The fourth-order valence-corrected chi connectivity index (χ4v) is 4.37. The van der Waals surface area contributed by atoms with E-state index >= 15 is 0 Å². The van der Waals surface area contributed by atoms with Crippen LogP contribution in [0.25, 0.3) is 0 Å². The summed E-state index contributed by atoms with van der Waals surface area (Å²) in [5.74, 6) is 0.814. The number of ether oxygens (including phenoxy) is 2. The molecule has 118 valence electrons. The Morgan fingerprint density at radius 3 is 2.80 bits per heavy atom. The molecule has 0 amide bonds. The molecule has 0 aliphatic carbocycles. The van der Waals surface area contributed by atoms with Crippen LogP contribution < -0.4 is 0 Å². The Morgan fingerprint density at radius 2 is 2.20 bits per heavy atom. The fraction of sp³-hybridized carbons (Fsp3) is 0.929. The summed E-state index contributed by atoms with van der Waals surface area (Å²) in [7, 11) is 3.41. The van der Waals surface area contributed by atoms with Crippen molar-refractivity contribution in [3.8, 4) is 0 Å². The van der Waals surface area contributed by atoms with Gasteiger partial charge >= 0.3 is 0 Å². The first-order valence-corrected chi connectivity index (χ1v) is 9.34. The van der Waals surface area contributed by atoms with Crippen molar-refractivity contribution in [1.82, 2.24) is 0 Å². The first kappa shape index (κ1) is 18.3. The zero-order valence-corrected chi connectivity index (χ0v) is 14.4. The highest BCUT2D eigenvalue weighted by Crippen LogP contribution is 2.39. The lowest BCUT2D eigenvalue weighted by Crippen LogP contribution is -2.27. The quantitative estimate of drug-likeness (QED) is 0.400. The highest BCUT2D eigenvalue weighted by atomic mass is 33.1. The van der Waals surface area contributed by atoms with Crippen LogP contribution in [0.15, 0.2) is 0 Å². The van der Waals surface area contributed by atoms with Crippen LogP contribution in [0, 0.1) is 0 Å². The van der Waals surface area contributed by atoms with E-state index in [0.29, 0.717) is 12.4 Å². The molecule has 0 saturated carbocycles. The number of aliphatic hydroxyl groups excluding tert-OH is 1. The molecule has 0 radical (unpaired) electrons. The minimum Gasteiger partial charge on any atom is -0.394 e. The predicted octanol–water partition coefficient (Wildman–Crippen LogP) is 3.03. The van der Waals surface area contributed by atoms with Gasteiger partial charge in [-0.25, -0.2) is 0 Å². The zero-order chi connectivity index (χ0) is 15.2. The number of carbonyl (C=O) groups is 1. The van der Waals surface area contributed by atoms with Crippen LogP contribution in [-0.2, 0) is 14.3 Å². The highest BCUT2D eigenvalue weighted by Gasteiger charge is 2.33. The van der Waals surface area contributed by atoms with Crippen molar-refractivity contribution >= 4 is 27.4 Å². The minimum atomic E-state index is -0.193. The summed E-state index contributed by atoms with van der Waals surface area (Å²) < 4.78 is 11.4. The Hall–Kier alpha value is 0.250. The van der Waals surface area contributed by atoms with Gasteiger partial charge in [-0.1, -0.05) is 21.6 Å². The van der Waals surface area contributed by atoms with Crippen LogP contribution in [0.1, 0.15) is 47.0 Å². The Kier molecular flexibility index (Phi) is 7.90. The number of hydrogen-bond donors (Lipinski definition) is 1. The Balaban J connectivity index is 2.19. The standard InChI is InChI=1S/C14H26O4S2/c1-10(16)5-6-14(3,4)20-19-9-17-12-7-11(2)18-13(12)8-15/h11-13,15H,5-9H2,1-4H3/t11-,12?,13+/m0/s1. The Labute approximate surface area is 129 Å². The average Bonchev–Trinajstić information content (AvgIpc) is 2.73. The lowest BCUT2D eigenvalue weighted by molar-refractivity contribution is -0.117. The second-order valence-corrected chi connectivity index (χ2v) is 8.84. The topological polar surface area (TPSA) is 55.8 Å². The molecule has 0 aromatic carbocycles. The third-order valence-electron chi connectivity index (χ3n) is 3.26. The molecule has 3 atom stereocenters. The fourth-order valence-electron chi connectivity index (χ4n) is 2.07. The summed E-state index contributed by atoms with van der Waals surface area (Å²) in [6, 6.07) is 0. The lowest BCUT2D eigenvalue weighted by Gasteiger charge is -2.23. The SMILES string of the molecule is CC(=O)CCC(C)(C)SSCOC1C[C@H](C)O[C@@H]1CO. The molecule has 1 heterocycles. The second kappa shape index (κ2) is 8.63. The molecule has 0 bridgehead atoms. The molecule has 6 heteroatoms. The van der Waals surface area contributed by atoms with Gasteiger partial charge in [-0.05, 0) is 34.1 Å². The largest absolute Gasteiger partial charge is 0.394 e. The molecule has 1 rings (SSSR count). The lowest BCUT2D eigenvalue weighted by atomic mass is 10.1. The van der Waals surface area contributed by atoms with Crippen molar-refractivity contribution in [3.63, 3.8) is 0 Å². The number of Topliss-reactive ketones (excluding diaryl/α,β-unsaturated/α-hetero) is 1. The number of carbonyl (C=O) groups excluding carboxylic acids is 1. The minimum absolute atomic E-state index is 0.0107. The highest BCUT2D eigenvalue weighted by molar-refractivity contribution is 8.77. The van der Waals surface area contributed by atoms with Crippen molar-refractivity contribution < 1.29 is 19.4 Å². The molecule has 1 unspecified atom stereocenters. The third-order valence-corrected chi connectivity index (χ3v) is 6.26. The average molecular weight is 322 g/mol. The molecule has 20 heavy (non-hydrogen) atoms. The molecule has 0 aromatic rings. The predicted molar refractivity (Wildman–Crippen MR) is 85.0 cm³/mol. The van der Waals surface area contributed by atoms with Gasteiger partial charge in [-0.2, -0.15) is 0 Å². The summed E-state index contributed by atoms with van der Waals surface area (Å²) in [5, 5.41) is 9.21. The molecule has 1 fully saturated rings. The number of aliphatic hydroxyl groups is 1. The summed E-state index contributed by atoms with van der Waals surface area (Å²) in [6.07, 6.45) is 2.29. The van der Waals surface area contributed by atoms with Crippen LogP contribution in [0.5, 0.6) is 0 Å². The van der Waals surface area contributed by atoms with E-state index in [4.69, 9.17) is 9.47 Å². The maximum absolute atomic E-state index is 11.0. The van der Waals surface area contributed by atoms with Crippen LogP contribution in [0.2, 0.25) is 0 Å². The molecular formula is C14H26O4S2. The van der Waals surface area contributed by atoms with Crippen molar-refractivity contribution in [2.45, 2.75) is 70.0 Å². The van der Waals surface area contributed by atoms with Crippen molar-refractivity contribution in [3.05, 3.63) is 0 Å². The summed E-state index contributed by atoms with van der Waals surface area (Å²) in [5.41, 5.74) is 0.